The van der Waals surface area contributed by atoms with Gasteiger partial charge in [-0.15, -0.1) is 0 Å². The molecule has 60 valence electrons. The number of aliphatic hydroxyl groups excluding tert-OH is 1. The fourth-order valence-electron chi connectivity index (χ4n) is 0.598. The highest BCUT2D eigenvalue weighted by atomic mass is 127. The van der Waals surface area contributed by atoms with Crippen LogP contribution < -0.4 is 11.2 Å². The number of hydrogen-bond acceptors (Lipinski definition) is 3. The molecule has 2 N–H and O–H groups in total. The molecule has 0 atom stereocenters. The third kappa shape index (κ3) is 1.69. The van der Waals surface area contributed by atoms with Crippen LogP contribution in [0.15, 0.2) is 15.8 Å². The van der Waals surface area contributed by atoms with E-state index in [1.807, 2.05) is 4.98 Å². The molecule has 5 nitrogen and oxygen atoms in total. The molecule has 0 saturated heterocycles. The van der Waals surface area contributed by atoms with E-state index in [-0.39, 0.29) is 12.2 Å². The van der Waals surface area contributed by atoms with E-state index in [0.717, 1.165) is 0 Å². The smallest absolute Gasteiger partial charge is 0.337 e. The highest BCUT2D eigenvalue weighted by Gasteiger charge is 1.99. The zero-order chi connectivity index (χ0) is 8.43. The number of nitrogens with one attached hydrogen (secondary N) is 1. The first-order valence-electron chi connectivity index (χ1n) is 2.77. The minimum Gasteiger partial charge on any atom is -0.391 e. The van der Waals surface area contributed by atoms with Gasteiger partial charge in [0, 0.05) is 6.20 Å². The van der Waals surface area contributed by atoms with Crippen molar-refractivity contribution in [2.75, 3.05) is 0 Å². The second kappa shape index (κ2) is 3.18. The summed E-state index contributed by atoms with van der Waals surface area (Å²) in [5, 5.41) is 8.60. The summed E-state index contributed by atoms with van der Waals surface area (Å²) < 4.78 is 1.17. The SMILES string of the molecule is O=c1[nH]c(=O)n(I)cc1CO. The van der Waals surface area contributed by atoms with Gasteiger partial charge in [-0.1, -0.05) is 0 Å². The summed E-state index contributed by atoms with van der Waals surface area (Å²) >= 11 is 1.71. The molecule has 0 fully saturated rings. The van der Waals surface area contributed by atoms with E-state index in [2.05, 4.69) is 0 Å². The van der Waals surface area contributed by atoms with E-state index >= 15 is 0 Å². The van der Waals surface area contributed by atoms with Crippen molar-refractivity contribution in [1.29, 1.82) is 0 Å². The lowest BCUT2D eigenvalue weighted by Gasteiger charge is -1.95. The molecule has 0 spiro atoms. The maximum atomic E-state index is 10.8. The first-order chi connectivity index (χ1) is 5.15. The molecule has 1 aromatic heterocycles. The Hall–Kier alpha value is -0.630. The molecule has 0 aromatic carbocycles. The Morgan fingerprint density at radius 1 is 1.64 bits per heavy atom. The van der Waals surface area contributed by atoms with Crippen molar-refractivity contribution >= 4 is 22.9 Å². The molecule has 0 aliphatic heterocycles. The van der Waals surface area contributed by atoms with Crippen molar-refractivity contribution in [3.8, 4) is 0 Å². The van der Waals surface area contributed by atoms with Crippen LogP contribution in [0.25, 0.3) is 0 Å². The van der Waals surface area contributed by atoms with Crippen molar-refractivity contribution in [3.63, 3.8) is 0 Å². The summed E-state index contributed by atoms with van der Waals surface area (Å²) in [6, 6.07) is 0. The summed E-state index contributed by atoms with van der Waals surface area (Å²) in [6.45, 7) is -0.362. The van der Waals surface area contributed by atoms with E-state index < -0.39 is 11.2 Å². The number of hydrogen-bond donors (Lipinski definition) is 2. The lowest BCUT2D eigenvalue weighted by molar-refractivity contribution is 0.279. The minimum absolute atomic E-state index is 0.180. The van der Waals surface area contributed by atoms with Gasteiger partial charge in [-0.2, -0.15) is 0 Å². The van der Waals surface area contributed by atoms with Crippen LogP contribution in [0, 0.1) is 0 Å². The predicted molar refractivity (Wildman–Crippen MR) is 46.7 cm³/mol. The molecule has 0 saturated carbocycles. The number of nitrogens with zero attached hydrogens (tertiary/aromatic N) is 1. The molecule has 1 rings (SSSR count). The normalized spacial score (nSPS) is 10.0. The Bertz CT molecular complexity index is 367. The molecular weight excluding hydrogens is 263 g/mol. The van der Waals surface area contributed by atoms with Gasteiger partial charge in [0.25, 0.3) is 5.56 Å². The van der Waals surface area contributed by atoms with Crippen LogP contribution in [0.5, 0.6) is 0 Å². The van der Waals surface area contributed by atoms with Crippen LogP contribution in [-0.2, 0) is 6.61 Å². The van der Waals surface area contributed by atoms with Gasteiger partial charge in [-0.05, 0) is 0 Å². The van der Waals surface area contributed by atoms with E-state index in [0.29, 0.717) is 0 Å². The van der Waals surface area contributed by atoms with Crippen LogP contribution in [-0.4, -0.2) is 12.9 Å². The van der Waals surface area contributed by atoms with Crippen molar-refractivity contribution in [1.82, 2.24) is 7.76 Å². The zero-order valence-corrected chi connectivity index (χ0v) is 7.53. The molecule has 0 unspecified atom stereocenters. The van der Waals surface area contributed by atoms with Crippen molar-refractivity contribution in [3.05, 3.63) is 32.6 Å². The van der Waals surface area contributed by atoms with Gasteiger partial charge in [-0.25, -0.2) is 7.58 Å². The Morgan fingerprint density at radius 3 is 2.82 bits per heavy atom. The third-order valence-corrected chi connectivity index (χ3v) is 1.86. The highest BCUT2D eigenvalue weighted by molar-refractivity contribution is 14.1. The van der Waals surface area contributed by atoms with Gasteiger partial charge in [0.15, 0.2) is 0 Å². The van der Waals surface area contributed by atoms with Crippen LogP contribution in [0.3, 0.4) is 0 Å². The monoisotopic (exact) mass is 268 g/mol. The average Bonchev–Trinajstić information content (AvgIpc) is 1.97. The first-order valence-corrected chi connectivity index (χ1v) is 3.73. The van der Waals surface area contributed by atoms with Crippen molar-refractivity contribution in [2.45, 2.75) is 6.61 Å². The number of H-pyrrole nitrogens is 1. The van der Waals surface area contributed by atoms with Gasteiger partial charge in [0.1, 0.15) is 0 Å². The molecule has 0 amide bonds. The third-order valence-electron chi connectivity index (χ3n) is 1.15. The molecule has 11 heavy (non-hydrogen) atoms. The maximum Gasteiger partial charge on any atom is 0.337 e. The molecule has 0 bridgehead atoms. The molecule has 1 aromatic rings. The molecule has 0 aliphatic rings. The maximum absolute atomic E-state index is 10.8. The van der Waals surface area contributed by atoms with E-state index in [1.54, 1.807) is 22.9 Å². The van der Waals surface area contributed by atoms with Crippen LogP contribution in [0.4, 0.5) is 0 Å². The molecule has 0 radical (unpaired) electrons. The number of aliphatic hydroxyl groups is 1. The Morgan fingerprint density at radius 2 is 2.27 bits per heavy atom. The molecule has 6 heteroatoms. The van der Waals surface area contributed by atoms with Gasteiger partial charge in [0.2, 0.25) is 0 Å². The standard InChI is InChI=1S/C5H5IN2O3/c6-8-1-3(2-9)4(10)7-5(8)11/h1,9H,2H2,(H,7,10,11). The highest BCUT2D eigenvalue weighted by Crippen LogP contribution is 1.89. The van der Waals surface area contributed by atoms with E-state index in [1.165, 1.54) is 8.98 Å². The molecular formula is C5H5IN2O3. The van der Waals surface area contributed by atoms with E-state index in [9.17, 15) is 9.59 Å². The predicted octanol–water partition coefficient (Wildman–Crippen LogP) is -0.773. The summed E-state index contributed by atoms with van der Waals surface area (Å²) in [7, 11) is 0. The lowest BCUT2D eigenvalue weighted by Crippen LogP contribution is -2.27. The fourth-order valence-corrected chi connectivity index (χ4v) is 1.05. The van der Waals surface area contributed by atoms with Gasteiger partial charge >= 0.3 is 5.69 Å². The number of rotatable bonds is 1. The average molecular weight is 268 g/mol. The van der Waals surface area contributed by atoms with Gasteiger partial charge in [-0.3, -0.25) is 9.78 Å². The van der Waals surface area contributed by atoms with Crippen LogP contribution in [0.1, 0.15) is 5.56 Å². The summed E-state index contributed by atoms with van der Waals surface area (Å²) in [5.41, 5.74) is -0.850. The van der Waals surface area contributed by atoms with Gasteiger partial charge < -0.3 is 5.11 Å². The second-order valence-electron chi connectivity index (χ2n) is 1.88. The fraction of sp³-hybridized carbons (Fsp3) is 0.200. The van der Waals surface area contributed by atoms with Crippen molar-refractivity contribution < 1.29 is 5.11 Å². The molecule has 1 heterocycles. The first kappa shape index (κ1) is 8.47. The summed E-state index contributed by atoms with van der Waals surface area (Å²) in [5.74, 6) is 0. The largest absolute Gasteiger partial charge is 0.391 e. The van der Waals surface area contributed by atoms with Crippen LogP contribution in [0.2, 0.25) is 0 Å². The Labute approximate surface area is 75.2 Å². The van der Waals surface area contributed by atoms with E-state index in [4.69, 9.17) is 5.11 Å². The second-order valence-corrected chi connectivity index (χ2v) is 2.92. The number of halogens is 1. The number of aromatic nitrogens is 2. The van der Waals surface area contributed by atoms with Crippen molar-refractivity contribution in [2.24, 2.45) is 0 Å². The zero-order valence-electron chi connectivity index (χ0n) is 5.37. The minimum atomic E-state index is -0.537. The quantitative estimate of drug-likeness (QED) is 0.656. The van der Waals surface area contributed by atoms with Gasteiger partial charge in [0.05, 0.1) is 35.0 Å². The molecule has 0 aliphatic carbocycles. The Kier molecular flexibility index (Phi) is 2.45. The number of aromatic amines is 1. The topological polar surface area (TPSA) is 75.1 Å². The summed E-state index contributed by atoms with van der Waals surface area (Å²) in [4.78, 5) is 23.6. The van der Waals surface area contributed by atoms with Crippen LogP contribution >= 0.6 is 22.9 Å². The summed E-state index contributed by atoms with van der Waals surface area (Å²) in [6.07, 6.45) is 1.29. The Balaban J connectivity index is 3.45. The lowest BCUT2D eigenvalue weighted by atomic mass is 10.4.